The van der Waals surface area contributed by atoms with Crippen molar-refractivity contribution in [3.05, 3.63) is 11.6 Å². The monoisotopic (exact) mass is 267 g/mol. The third kappa shape index (κ3) is 3.77. The highest BCUT2D eigenvalue weighted by Crippen LogP contribution is 2.07. The molecular formula is C12H21N5O2. The van der Waals surface area contributed by atoms with E-state index in [0.29, 0.717) is 12.4 Å². The molecule has 7 heteroatoms. The van der Waals surface area contributed by atoms with E-state index in [9.17, 15) is 9.59 Å². The zero-order chi connectivity index (χ0) is 14.6. The fourth-order valence-electron chi connectivity index (χ4n) is 1.44. The molecule has 2 N–H and O–H groups in total. The SMILES string of the molecule is CCN(C)C(=O)C(C)NC(=O)c1n[nH]c(C(C)C)n1. The maximum atomic E-state index is 11.9. The summed E-state index contributed by atoms with van der Waals surface area (Å²) in [6.45, 7) is 8.01. The number of nitrogens with zero attached hydrogens (tertiary/aromatic N) is 3. The van der Waals surface area contributed by atoms with Crippen LogP contribution in [0.2, 0.25) is 0 Å². The third-order valence-electron chi connectivity index (χ3n) is 2.82. The average molecular weight is 267 g/mol. The van der Waals surface area contributed by atoms with Gasteiger partial charge in [0.1, 0.15) is 11.9 Å². The second kappa shape index (κ2) is 6.31. The molecule has 0 aromatic carbocycles. The summed E-state index contributed by atoms with van der Waals surface area (Å²) in [6.07, 6.45) is 0. The van der Waals surface area contributed by atoms with Crippen LogP contribution in [0.1, 0.15) is 50.1 Å². The smallest absolute Gasteiger partial charge is 0.291 e. The second-order valence-corrected chi connectivity index (χ2v) is 4.75. The molecule has 0 aliphatic carbocycles. The minimum absolute atomic E-state index is 0.0579. The Balaban J connectivity index is 2.66. The fraction of sp³-hybridized carbons (Fsp3) is 0.667. The molecule has 0 saturated carbocycles. The lowest BCUT2D eigenvalue weighted by Crippen LogP contribution is -2.45. The van der Waals surface area contributed by atoms with E-state index < -0.39 is 11.9 Å². The van der Waals surface area contributed by atoms with E-state index in [1.165, 1.54) is 0 Å². The Morgan fingerprint density at radius 1 is 1.37 bits per heavy atom. The van der Waals surface area contributed by atoms with Crippen molar-refractivity contribution in [2.45, 2.75) is 39.7 Å². The van der Waals surface area contributed by atoms with E-state index in [-0.39, 0.29) is 17.6 Å². The van der Waals surface area contributed by atoms with Crippen LogP contribution in [-0.2, 0) is 4.79 Å². The molecule has 1 atom stereocenters. The summed E-state index contributed by atoms with van der Waals surface area (Å²) < 4.78 is 0. The van der Waals surface area contributed by atoms with Crippen LogP contribution < -0.4 is 5.32 Å². The number of carbonyl (C=O) groups excluding carboxylic acids is 2. The molecule has 0 bridgehead atoms. The summed E-state index contributed by atoms with van der Waals surface area (Å²) >= 11 is 0. The van der Waals surface area contributed by atoms with E-state index in [0.717, 1.165) is 0 Å². The Kier molecular flexibility index (Phi) is 5.02. The number of nitrogens with one attached hydrogen (secondary N) is 2. The molecule has 1 aromatic rings. The zero-order valence-electron chi connectivity index (χ0n) is 12.0. The molecule has 2 amide bonds. The Hall–Kier alpha value is -1.92. The van der Waals surface area contributed by atoms with Gasteiger partial charge in [-0.05, 0) is 13.8 Å². The maximum Gasteiger partial charge on any atom is 0.291 e. The molecule has 0 fully saturated rings. The van der Waals surface area contributed by atoms with Crippen molar-refractivity contribution < 1.29 is 9.59 Å². The fourth-order valence-corrected chi connectivity index (χ4v) is 1.44. The highest BCUT2D eigenvalue weighted by atomic mass is 16.2. The van der Waals surface area contributed by atoms with Crippen LogP contribution in [0.15, 0.2) is 0 Å². The van der Waals surface area contributed by atoms with Crippen molar-refractivity contribution in [3.8, 4) is 0 Å². The number of H-pyrrole nitrogens is 1. The number of rotatable bonds is 5. The summed E-state index contributed by atoms with van der Waals surface area (Å²) in [4.78, 5) is 29.3. The van der Waals surface area contributed by atoms with Gasteiger partial charge in [0.2, 0.25) is 11.7 Å². The van der Waals surface area contributed by atoms with Gasteiger partial charge < -0.3 is 10.2 Å². The van der Waals surface area contributed by atoms with E-state index in [1.807, 2.05) is 20.8 Å². The number of amides is 2. The molecule has 106 valence electrons. The topological polar surface area (TPSA) is 91.0 Å². The van der Waals surface area contributed by atoms with Crippen molar-refractivity contribution in [2.24, 2.45) is 0 Å². The normalized spacial score (nSPS) is 12.3. The Morgan fingerprint density at radius 2 is 2.00 bits per heavy atom. The van der Waals surface area contributed by atoms with Crippen LogP contribution >= 0.6 is 0 Å². The lowest BCUT2D eigenvalue weighted by atomic mass is 10.2. The largest absolute Gasteiger partial charge is 0.344 e. The predicted octanol–water partition coefficient (Wildman–Crippen LogP) is 0.525. The first-order valence-corrected chi connectivity index (χ1v) is 6.34. The van der Waals surface area contributed by atoms with Crippen LogP contribution in [0.25, 0.3) is 0 Å². The summed E-state index contributed by atoms with van der Waals surface area (Å²) in [5.74, 6) is 0.278. The zero-order valence-corrected chi connectivity index (χ0v) is 12.0. The van der Waals surface area contributed by atoms with Gasteiger partial charge in [-0.3, -0.25) is 14.7 Å². The highest BCUT2D eigenvalue weighted by Gasteiger charge is 2.21. The van der Waals surface area contributed by atoms with Crippen LogP contribution in [-0.4, -0.2) is 51.5 Å². The highest BCUT2D eigenvalue weighted by molar-refractivity contribution is 5.94. The van der Waals surface area contributed by atoms with Gasteiger partial charge in [0.15, 0.2) is 0 Å². The van der Waals surface area contributed by atoms with Gasteiger partial charge in [-0.1, -0.05) is 13.8 Å². The van der Waals surface area contributed by atoms with Gasteiger partial charge in [-0.15, -0.1) is 5.10 Å². The predicted molar refractivity (Wildman–Crippen MR) is 70.7 cm³/mol. The quantitative estimate of drug-likeness (QED) is 0.814. The van der Waals surface area contributed by atoms with Crippen LogP contribution in [0.5, 0.6) is 0 Å². The molecule has 0 radical (unpaired) electrons. The van der Waals surface area contributed by atoms with Crippen molar-refractivity contribution in [1.29, 1.82) is 0 Å². The van der Waals surface area contributed by atoms with E-state index in [4.69, 9.17) is 0 Å². The molecular weight excluding hydrogens is 246 g/mol. The first-order chi connectivity index (χ1) is 8.86. The summed E-state index contributed by atoms with van der Waals surface area (Å²) in [6, 6.07) is -0.599. The Morgan fingerprint density at radius 3 is 2.47 bits per heavy atom. The standard InChI is InChI=1S/C12H21N5O2/c1-6-17(5)12(19)8(4)13-11(18)10-14-9(7(2)3)15-16-10/h7-8H,6H2,1-5H3,(H,13,18)(H,14,15,16). The number of aromatic nitrogens is 3. The van der Waals surface area contributed by atoms with Gasteiger partial charge in [-0.2, -0.15) is 0 Å². The maximum absolute atomic E-state index is 11.9. The van der Waals surface area contributed by atoms with Crippen molar-refractivity contribution in [1.82, 2.24) is 25.4 Å². The van der Waals surface area contributed by atoms with Crippen LogP contribution in [0, 0.1) is 0 Å². The second-order valence-electron chi connectivity index (χ2n) is 4.75. The molecule has 1 rings (SSSR count). The van der Waals surface area contributed by atoms with Gasteiger partial charge in [0.05, 0.1) is 0 Å². The van der Waals surface area contributed by atoms with Gasteiger partial charge in [0, 0.05) is 19.5 Å². The average Bonchev–Trinajstić information content (AvgIpc) is 2.86. The Labute approximate surface area is 112 Å². The lowest BCUT2D eigenvalue weighted by molar-refractivity contribution is -0.131. The van der Waals surface area contributed by atoms with E-state index in [1.54, 1.807) is 18.9 Å². The molecule has 19 heavy (non-hydrogen) atoms. The van der Waals surface area contributed by atoms with Crippen molar-refractivity contribution >= 4 is 11.8 Å². The number of likely N-dealkylation sites (N-methyl/N-ethyl adjacent to an activating group) is 1. The molecule has 7 nitrogen and oxygen atoms in total. The molecule has 1 heterocycles. The van der Waals surface area contributed by atoms with E-state index >= 15 is 0 Å². The van der Waals surface area contributed by atoms with Gasteiger partial charge in [-0.25, -0.2) is 4.98 Å². The van der Waals surface area contributed by atoms with Gasteiger partial charge >= 0.3 is 0 Å². The van der Waals surface area contributed by atoms with E-state index in [2.05, 4.69) is 20.5 Å². The molecule has 0 saturated heterocycles. The molecule has 0 aliphatic heterocycles. The first kappa shape index (κ1) is 15.1. The minimum atomic E-state index is -0.599. The molecule has 1 unspecified atom stereocenters. The summed E-state index contributed by atoms with van der Waals surface area (Å²) in [7, 11) is 1.69. The van der Waals surface area contributed by atoms with Crippen LogP contribution in [0.3, 0.4) is 0 Å². The number of hydrogen-bond donors (Lipinski definition) is 2. The molecule has 0 aliphatic rings. The van der Waals surface area contributed by atoms with Crippen LogP contribution in [0.4, 0.5) is 0 Å². The summed E-state index contributed by atoms with van der Waals surface area (Å²) in [5.41, 5.74) is 0. The molecule has 0 spiro atoms. The van der Waals surface area contributed by atoms with Crippen molar-refractivity contribution in [2.75, 3.05) is 13.6 Å². The van der Waals surface area contributed by atoms with Gasteiger partial charge in [0.25, 0.3) is 5.91 Å². The molecule has 1 aromatic heterocycles. The first-order valence-electron chi connectivity index (χ1n) is 6.34. The summed E-state index contributed by atoms with van der Waals surface area (Å²) in [5, 5.41) is 9.14. The Bertz CT molecular complexity index is 455. The lowest BCUT2D eigenvalue weighted by Gasteiger charge is -2.19. The minimum Gasteiger partial charge on any atom is -0.344 e. The number of carbonyl (C=O) groups is 2. The van der Waals surface area contributed by atoms with Crippen molar-refractivity contribution in [3.63, 3.8) is 0 Å². The third-order valence-corrected chi connectivity index (χ3v) is 2.82. The number of hydrogen-bond acceptors (Lipinski definition) is 4. The number of aromatic amines is 1.